The number of carbonyl (C=O) groups is 2. The summed E-state index contributed by atoms with van der Waals surface area (Å²) in [6, 6.07) is 9.49. The average molecular weight is 483 g/mol. The average Bonchev–Trinajstić information content (AvgIpc) is 2.86. The molecule has 4 rings (SSSR count). The molecule has 0 saturated carbocycles. The van der Waals surface area contributed by atoms with Crippen LogP contribution >= 0.6 is 0 Å². The van der Waals surface area contributed by atoms with Crippen molar-refractivity contribution in [2.45, 2.75) is 38.6 Å². The predicted molar refractivity (Wildman–Crippen MR) is 134 cm³/mol. The van der Waals surface area contributed by atoms with Crippen molar-refractivity contribution in [2.24, 2.45) is 0 Å². The second-order valence-corrected chi connectivity index (χ2v) is 9.09. The Hall–Kier alpha value is -3.24. The molecule has 2 aliphatic rings. The van der Waals surface area contributed by atoms with E-state index < -0.39 is 0 Å². The Morgan fingerprint density at radius 1 is 1.09 bits per heavy atom. The van der Waals surface area contributed by atoms with E-state index in [2.05, 4.69) is 25.5 Å². The summed E-state index contributed by atoms with van der Waals surface area (Å²) in [6.07, 6.45) is 2.17. The van der Waals surface area contributed by atoms with Crippen molar-refractivity contribution in [1.82, 2.24) is 20.2 Å². The van der Waals surface area contributed by atoms with Gasteiger partial charge in [-0.05, 0) is 38.3 Å². The number of anilines is 2. The summed E-state index contributed by atoms with van der Waals surface area (Å²) in [5.41, 5.74) is 1.81. The van der Waals surface area contributed by atoms with Gasteiger partial charge in [0.15, 0.2) is 0 Å². The van der Waals surface area contributed by atoms with Crippen LogP contribution < -0.4 is 21.1 Å². The highest BCUT2D eigenvalue weighted by Crippen LogP contribution is 2.13. The van der Waals surface area contributed by atoms with Crippen LogP contribution in [0.2, 0.25) is 0 Å². The molecule has 188 valence electrons. The van der Waals surface area contributed by atoms with E-state index in [1.165, 1.54) is 0 Å². The fourth-order valence-electron chi connectivity index (χ4n) is 4.51. The van der Waals surface area contributed by atoms with Gasteiger partial charge in [-0.15, -0.1) is 0 Å². The van der Waals surface area contributed by atoms with Gasteiger partial charge in [0.05, 0.1) is 19.8 Å². The summed E-state index contributed by atoms with van der Waals surface area (Å²) in [6.45, 7) is 6.27. The Bertz CT molecular complexity index is 1060. The number of hydrogen-bond donors (Lipinski definition) is 3. The molecule has 2 amide bonds. The molecule has 0 atom stereocenters. The minimum Gasteiger partial charge on any atom is -0.378 e. The third kappa shape index (κ3) is 7.12. The van der Waals surface area contributed by atoms with Crippen molar-refractivity contribution in [3.8, 4) is 0 Å². The first-order chi connectivity index (χ1) is 17.0. The van der Waals surface area contributed by atoms with Crippen LogP contribution in [0.25, 0.3) is 0 Å². The molecule has 2 aliphatic heterocycles. The molecule has 1 aromatic heterocycles. The standard InChI is InChI=1S/C25H34N6O4/c1-18-21(24(34)29-25(26-18)31-13-15-35-16-14-31)7-8-22(32)27-20-9-11-30(12-10-20)17-23(33)28-19-5-3-2-4-6-19/h2-6,20H,7-17H2,1H3,(H,27,32)(H,28,33)(H,26,29,34). The minimum atomic E-state index is -0.186. The van der Waals surface area contributed by atoms with Crippen LogP contribution in [0.1, 0.15) is 30.5 Å². The molecule has 2 saturated heterocycles. The number of aromatic amines is 1. The maximum Gasteiger partial charge on any atom is 0.255 e. The Morgan fingerprint density at radius 2 is 1.80 bits per heavy atom. The molecule has 2 fully saturated rings. The predicted octanol–water partition coefficient (Wildman–Crippen LogP) is 1.07. The van der Waals surface area contributed by atoms with Crippen molar-refractivity contribution >= 4 is 23.5 Å². The number of aryl methyl sites for hydroxylation is 1. The number of aromatic nitrogens is 2. The smallest absolute Gasteiger partial charge is 0.255 e. The molecule has 35 heavy (non-hydrogen) atoms. The molecule has 0 radical (unpaired) electrons. The Kier molecular flexibility index (Phi) is 8.49. The van der Waals surface area contributed by atoms with E-state index in [4.69, 9.17) is 4.74 Å². The molecule has 0 bridgehead atoms. The van der Waals surface area contributed by atoms with Gasteiger partial charge in [-0.2, -0.15) is 0 Å². The molecular weight excluding hydrogens is 448 g/mol. The van der Waals surface area contributed by atoms with Gasteiger partial charge in [0.2, 0.25) is 17.8 Å². The number of morpholine rings is 1. The van der Waals surface area contributed by atoms with Gasteiger partial charge in [0.25, 0.3) is 5.56 Å². The summed E-state index contributed by atoms with van der Waals surface area (Å²) in [5.74, 6) is 0.460. The van der Waals surface area contributed by atoms with Gasteiger partial charge in [0, 0.05) is 55.6 Å². The monoisotopic (exact) mass is 482 g/mol. The van der Waals surface area contributed by atoms with E-state index in [1.54, 1.807) is 0 Å². The molecule has 0 aliphatic carbocycles. The van der Waals surface area contributed by atoms with Gasteiger partial charge in [-0.1, -0.05) is 18.2 Å². The lowest BCUT2D eigenvalue weighted by atomic mass is 10.0. The number of benzene rings is 1. The summed E-state index contributed by atoms with van der Waals surface area (Å²) < 4.78 is 5.35. The number of nitrogens with zero attached hydrogens (tertiary/aromatic N) is 3. The number of carbonyl (C=O) groups excluding carboxylic acids is 2. The highest BCUT2D eigenvalue weighted by Gasteiger charge is 2.23. The Balaban J connectivity index is 1.19. The third-order valence-electron chi connectivity index (χ3n) is 6.50. The van der Waals surface area contributed by atoms with Gasteiger partial charge in [0.1, 0.15) is 0 Å². The topological polar surface area (TPSA) is 120 Å². The quantitative estimate of drug-likeness (QED) is 0.515. The second kappa shape index (κ2) is 11.9. The van der Waals surface area contributed by atoms with Crippen molar-refractivity contribution in [2.75, 3.05) is 56.2 Å². The van der Waals surface area contributed by atoms with Crippen LogP contribution in [0.15, 0.2) is 35.1 Å². The molecule has 1 aromatic carbocycles. The van der Waals surface area contributed by atoms with Crippen LogP contribution in [0.4, 0.5) is 11.6 Å². The van der Waals surface area contributed by atoms with E-state index in [0.29, 0.717) is 56.5 Å². The molecule has 2 aromatic rings. The first kappa shape index (κ1) is 24.9. The van der Waals surface area contributed by atoms with E-state index in [0.717, 1.165) is 31.6 Å². The highest BCUT2D eigenvalue weighted by atomic mass is 16.5. The van der Waals surface area contributed by atoms with Crippen LogP contribution in [0, 0.1) is 6.92 Å². The first-order valence-corrected chi connectivity index (χ1v) is 12.3. The number of H-pyrrole nitrogens is 1. The zero-order chi connectivity index (χ0) is 24.6. The lowest BCUT2D eigenvalue weighted by Gasteiger charge is -2.31. The fourth-order valence-corrected chi connectivity index (χ4v) is 4.51. The normalized spacial score (nSPS) is 17.2. The van der Waals surface area contributed by atoms with Gasteiger partial charge < -0.3 is 20.3 Å². The van der Waals surface area contributed by atoms with E-state index in [-0.39, 0.29) is 29.8 Å². The van der Waals surface area contributed by atoms with Gasteiger partial charge >= 0.3 is 0 Å². The Morgan fingerprint density at radius 3 is 2.49 bits per heavy atom. The zero-order valence-electron chi connectivity index (χ0n) is 20.2. The van der Waals surface area contributed by atoms with Crippen LogP contribution in [-0.4, -0.2) is 78.7 Å². The lowest BCUT2D eigenvalue weighted by molar-refractivity contribution is -0.122. The van der Waals surface area contributed by atoms with Crippen LogP contribution in [-0.2, 0) is 20.7 Å². The number of rotatable bonds is 8. The molecule has 0 spiro atoms. The highest BCUT2D eigenvalue weighted by molar-refractivity contribution is 5.92. The van der Waals surface area contributed by atoms with Crippen molar-refractivity contribution in [3.63, 3.8) is 0 Å². The zero-order valence-corrected chi connectivity index (χ0v) is 20.2. The lowest BCUT2D eigenvalue weighted by Crippen LogP contribution is -2.46. The second-order valence-electron chi connectivity index (χ2n) is 9.09. The molecule has 3 N–H and O–H groups in total. The molecule has 10 nitrogen and oxygen atoms in total. The van der Waals surface area contributed by atoms with Crippen LogP contribution in [0.5, 0.6) is 0 Å². The fraction of sp³-hybridized carbons (Fsp3) is 0.520. The number of hydrogen-bond acceptors (Lipinski definition) is 7. The largest absolute Gasteiger partial charge is 0.378 e. The van der Waals surface area contributed by atoms with Crippen molar-refractivity contribution in [1.29, 1.82) is 0 Å². The van der Waals surface area contributed by atoms with Gasteiger partial charge in [-0.3, -0.25) is 24.3 Å². The molecular formula is C25H34N6O4. The number of para-hydroxylation sites is 1. The number of piperidine rings is 1. The van der Waals surface area contributed by atoms with E-state index in [9.17, 15) is 14.4 Å². The van der Waals surface area contributed by atoms with Gasteiger partial charge in [-0.25, -0.2) is 4.98 Å². The van der Waals surface area contributed by atoms with Crippen LogP contribution in [0.3, 0.4) is 0 Å². The van der Waals surface area contributed by atoms with E-state index >= 15 is 0 Å². The first-order valence-electron chi connectivity index (χ1n) is 12.3. The number of nitrogens with one attached hydrogen (secondary N) is 3. The van der Waals surface area contributed by atoms with Crippen molar-refractivity contribution in [3.05, 3.63) is 51.9 Å². The third-order valence-corrected chi connectivity index (χ3v) is 6.50. The maximum absolute atomic E-state index is 12.6. The molecule has 0 unspecified atom stereocenters. The summed E-state index contributed by atoms with van der Waals surface area (Å²) in [4.78, 5) is 48.9. The number of amides is 2. The minimum absolute atomic E-state index is 0.0347. The Labute approximate surface area is 205 Å². The SMILES string of the molecule is Cc1nc(N2CCOCC2)[nH]c(=O)c1CCC(=O)NC1CCN(CC(=O)Nc2ccccc2)CC1. The maximum atomic E-state index is 12.6. The van der Waals surface area contributed by atoms with E-state index in [1.807, 2.05) is 42.2 Å². The number of likely N-dealkylation sites (tertiary alicyclic amines) is 1. The number of ether oxygens (including phenoxy) is 1. The summed E-state index contributed by atoms with van der Waals surface area (Å²) in [7, 11) is 0. The summed E-state index contributed by atoms with van der Waals surface area (Å²) >= 11 is 0. The summed E-state index contributed by atoms with van der Waals surface area (Å²) in [5, 5.41) is 5.99. The molecule has 10 heteroatoms. The van der Waals surface area contributed by atoms with Crippen molar-refractivity contribution < 1.29 is 14.3 Å². The molecule has 3 heterocycles.